The molecule has 2 heterocycles. The van der Waals surface area contributed by atoms with Crippen LogP contribution in [0.5, 0.6) is 5.75 Å². The number of nitrogens with zero attached hydrogens (tertiary/aromatic N) is 2. The zero-order valence-electron chi connectivity index (χ0n) is 15.9. The van der Waals surface area contributed by atoms with E-state index < -0.39 is 0 Å². The Morgan fingerprint density at radius 1 is 1.18 bits per heavy atom. The number of nitrogens with one attached hydrogen (secondary N) is 1. The third-order valence-electron chi connectivity index (χ3n) is 4.88. The minimum Gasteiger partial charge on any atom is -0.489 e. The van der Waals surface area contributed by atoms with Crippen LogP contribution >= 0.6 is 11.3 Å². The molecule has 0 spiro atoms. The molecule has 4 rings (SSSR count). The number of para-hydroxylation sites is 1. The molecule has 2 aromatic carbocycles. The SMILES string of the molecule is CCN1CCc2nc(NC(=O)c3ccccc3COc3ccccc3)sc2C1. The number of fused-ring (bicyclic) bond motifs is 1. The number of likely N-dealkylation sites (N-methyl/N-ethyl adjacent to an activating group) is 1. The van der Waals surface area contributed by atoms with E-state index >= 15 is 0 Å². The van der Waals surface area contributed by atoms with Crippen molar-refractivity contribution in [2.45, 2.75) is 26.5 Å². The van der Waals surface area contributed by atoms with Crippen LogP contribution in [0.4, 0.5) is 5.13 Å². The molecule has 0 saturated heterocycles. The second-order valence-electron chi connectivity index (χ2n) is 6.72. The fourth-order valence-electron chi connectivity index (χ4n) is 3.28. The first kappa shape index (κ1) is 18.7. The van der Waals surface area contributed by atoms with E-state index in [1.807, 2.05) is 54.6 Å². The van der Waals surface area contributed by atoms with E-state index in [4.69, 9.17) is 4.74 Å². The molecule has 0 aliphatic carbocycles. The summed E-state index contributed by atoms with van der Waals surface area (Å²) in [5, 5.41) is 3.65. The predicted molar refractivity (Wildman–Crippen MR) is 112 cm³/mol. The van der Waals surface area contributed by atoms with Crippen molar-refractivity contribution in [2.75, 3.05) is 18.4 Å². The first-order valence-corrected chi connectivity index (χ1v) is 10.3. The van der Waals surface area contributed by atoms with Crippen LogP contribution in [-0.4, -0.2) is 28.9 Å². The van der Waals surface area contributed by atoms with Crippen molar-refractivity contribution in [1.82, 2.24) is 9.88 Å². The Hall–Kier alpha value is -2.70. The van der Waals surface area contributed by atoms with E-state index in [0.717, 1.165) is 43.1 Å². The quantitative estimate of drug-likeness (QED) is 0.676. The molecule has 0 radical (unpaired) electrons. The highest BCUT2D eigenvalue weighted by atomic mass is 32.1. The van der Waals surface area contributed by atoms with Crippen molar-refractivity contribution in [3.05, 3.63) is 76.3 Å². The standard InChI is InChI=1S/C22H23N3O2S/c1-2-25-13-12-19-20(14-25)28-22(23-19)24-21(26)18-11-7-6-8-16(18)15-27-17-9-4-3-5-10-17/h3-11H,2,12-15H2,1H3,(H,23,24,26). The molecule has 0 fully saturated rings. The summed E-state index contributed by atoms with van der Waals surface area (Å²) in [6, 6.07) is 17.1. The van der Waals surface area contributed by atoms with E-state index in [1.165, 1.54) is 4.88 Å². The molecule has 1 amide bonds. The number of thiazole rings is 1. The Kier molecular flexibility index (Phi) is 5.69. The Bertz CT molecular complexity index is 955. The van der Waals surface area contributed by atoms with Gasteiger partial charge in [0.1, 0.15) is 12.4 Å². The van der Waals surface area contributed by atoms with E-state index in [2.05, 4.69) is 22.1 Å². The van der Waals surface area contributed by atoms with Gasteiger partial charge in [-0.25, -0.2) is 4.98 Å². The number of anilines is 1. The molecular weight excluding hydrogens is 370 g/mol. The van der Waals surface area contributed by atoms with Crippen molar-refractivity contribution in [3.63, 3.8) is 0 Å². The van der Waals surface area contributed by atoms with Gasteiger partial charge in [-0.15, -0.1) is 11.3 Å². The Balaban J connectivity index is 1.46. The highest BCUT2D eigenvalue weighted by Gasteiger charge is 2.21. The van der Waals surface area contributed by atoms with Crippen LogP contribution in [0.15, 0.2) is 54.6 Å². The topological polar surface area (TPSA) is 54.5 Å². The minimum atomic E-state index is -0.147. The molecule has 1 N–H and O–H groups in total. The number of rotatable bonds is 6. The number of hydrogen-bond donors (Lipinski definition) is 1. The van der Waals surface area contributed by atoms with Crippen molar-refractivity contribution in [2.24, 2.45) is 0 Å². The van der Waals surface area contributed by atoms with Crippen LogP contribution in [0.1, 0.15) is 33.4 Å². The second-order valence-corrected chi connectivity index (χ2v) is 7.80. The van der Waals surface area contributed by atoms with Crippen LogP contribution < -0.4 is 10.1 Å². The average Bonchev–Trinajstić information content (AvgIpc) is 3.14. The van der Waals surface area contributed by atoms with Crippen LogP contribution in [0.2, 0.25) is 0 Å². The van der Waals surface area contributed by atoms with E-state index in [9.17, 15) is 4.79 Å². The summed E-state index contributed by atoms with van der Waals surface area (Å²) in [7, 11) is 0. The molecule has 1 aliphatic rings. The summed E-state index contributed by atoms with van der Waals surface area (Å²) in [6.07, 6.45) is 0.942. The van der Waals surface area contributed by atoms with Gasteiger partial charge >= 0.3 is 0 Å². The number of aromatic nitrogens is 1. The van der Waals surface area contributed by atoms with Crippen LogP contribution in [0.25, 0.3) is 0 Å². The van der Waals surface area contributed by atoms with Crippen LogP contribution in [0.3, 0.4) is 0 Å². The fourth-order valence-corrected chi connectivity index (χ4v) is 4.33. The summed E-state index contributed by atoms with van der Waals surface area (Å²) >= 11 is 1.58. The number of hydrogen-bond acceptors (Lipinski definition) is 5. The lowest BCUT2D eigenvalue weighted by atomic mass is 10.1. The van der Waals surface area contributed by atoms with Gasteiger partial charge in [0.05, 0.1) is 5.69 Å². The number of ether oxygens (including phenoxy) is 1. The average molecular weight is 394 g/mol. The summed E-state index contributed by atoms with van der Waals surface area (Å²) in [4.78, 5) is 21.2. The largest absolute Gasteiger partial charge is 0.489 e. The normalized spacial score (nSPS) is 13.8. The molecule has 144 valence electrons. The van der Waals surface area contributed by atoms with Gasteiger partial charge in [0.25, 0.3) is 5.91 Å². The van der Waals surface area contributed by atoms with Crippen molar-refractivity contribution in [3.8, 4) is 5.75 Å². The highest BCUT2D eigenvalue weighted by Crippen LogP contribution is 2.28. The molecule has 0 bridgehead atoms. The summed E-state index contributed by atoms with van der Waals surface area (Å²) in [6.45, 7) is 5.49. The van der Waals surface area contributed by atoms with Crippen molar-refractivity contribution >= 4 is 22.4 Å². The lowest BCUT2D eigenvalue weighted by Crippen LogP contribution is -2.29. The number of carbonyl (C=O) groups excluding carboxylic acids is 1. The second kappa shape index (κ2) is 8.54. The fraction of sp³-hybridized carbons (Fsp3) is 0.273. The van der Waals surface area contributed by atoms with Gasteiger partial charge in [0.2, 0.25) is 0 Å². The van der Waals surface area contributed by atoms with E-state index in [0.29, 0.717) is 17.3 Å². The summed E-state index contributed by atoms with van der Waals surface area (Å²) < 4.78 is 5.82. The van der Waals surface area contributed by atoms with Crippen LogP contribution in [0, 0.1) is 0 Å². The molecule has 0 atom stereocenters. The maximum atomic E-state index is 12.9. The molecule has 1 aromatic heterocycles. The summed E-state index contributed by atoms with van der Waals surface area (Å²) in [5.41, 5.74) is 2.58. The molecule has 6 heteroatoms. The van der Waals surface area contributed by atoms with Gasteiger partial charge in [-0.3, -0.25) is 15.0 Å². The van der Waals surface area contributed by atoms with E-state index in [1.54, 1.807) is 11.3 Å². The molecule has 0 saturated carbocycles. The first-order valence-electron chi connectivity index (χ1n) is 9.51. The van der Waals surface area contributed by atoms with Gasteiger partial charge < -0.3 is 4.74 Å². The predicted octanol–water partition coefficient (Wildman–Crippen LogP) is 4.35. The smallest absolute Gasteiger partial charge is 0.257 e. The lowest BCUT2D eigenvalue weighted by molar-refractivity contribution is 0.102. The Morgan fingerprint density at radius 3 is 2.79 bits per heavy atom. The maximum Gasteiger partial charge on any atom is 0.257 e. The molecule has 0 unspecified atom stereocenters. The third-order valence-corrected chi connectivity index (χ3v) is 5.88. The number of carbonyl (C=O) groups is 1. The van der Waals surface area contributed by atoms with Crippen LogP contribution in [-0.2, 0) is 19.6 Å². The highest BCUT2D eigenvalue weighted by molar-refractivity contribution is 7.15. The number of benzene rings is 2. The van der Waals surface area contributed by atoms with Crippen molar-refractivity contribution < 1.29 is 9.53 Å². The van der Waals surface area contributed by atoms with E-state index in [-0.39, 0.29) is 5.91 Å². The molecule has 28 heavy (non-hydrogen) atoms. The molecule has 3 aromatic rings. The molecule has 1 aliphatic heterocycles. The van der Waals surface area contributed by atoms with Crippen molar-refractivity contribution in [1.29, 1.82) is 0 Å². The van der Waals surface area contributed by atoms with Gasteiger partial charge in [-0.2, -0.15) is 0 Å². The maximum absolute atomic E-state index is 12.9. The van der Waals surface area contributed by atoms with Gasteiger partial charge in [-0.1, -0.05) is 43.3 Å². The lowest BCUT2D eigenvalue weighted by Gasteiger charge is -2.23. The minimum absolute atomic E-state index is 0.147. The Morgan fingerprint density at radius 2 is 1.96 bits per heavy atom. The zero-order valence-corrected chi connectivity index (χ0v) is 16.7. The summed E-state index contributed by atoms with van der Waals surface area (Å²) in [5.74, 6) is 0.636. The monoisotopic (exact) mass is 393 g/mol. The van der Waals surface area contributed by atoms with Gasteiger partial charge in [0, 0.05) is 35.5 Å². The van der Waals surface area contributed by atoms with Gasteiger partial charge in [0.15, 0.2) is 5.13 Å². The van der Waals surface area contributed by atoms with Gasteiger partial charge in [-0.05, 0) is 24.7 Å². The third kappa shape index (κ3) is 4.24. The zero-order chi connectivity index (χ0) is 19.3. The molecule has 5 nitrogen and oxygen atoms in total. The number of amides is 1. The Labute approximate surface area is 169 Å². The molecular formula is C22H23N3O2S. The first-order chi connectivity index (χ1) is 13.7.